The van der Waals surface area contributed by atoms with Crippen LogP contribution in [0.4, 0.5) is 0 Å². The SMILES string of the molecule is N#Cc1ccc(/C=C/CNCC2(O)CCSCC2)cc1. The molecule has 0 unspecified atom stereocenters. The summed E-state index contributed by atoms with van der Waals surface area (Å²) in [6, 6.07) is 9.60. The molecule has 0 aliphatic carbocycles. The summed E-state index contributed by atoms with van der Waals surface area (Å²) in [4.78, 5) is 0. The van der Waals surface area contributed by atoms with Crippen molar-refractivity contribution in [2.45, 2.75) is 18.4 Å². The van der Waals surface area contributed by atoms with E-state index >= 15 is 0 Å². The van der Waals surface area contributed by atoms with E-state index in [2.05, 4.69) is 11.4 Å². The third kappa shape index (κ3) is 4.68. The van der Waals surface area contributed by atoms with Crippen LogP contribution >= 0.6 is 11.8 Å². The Balaban J connectivity index is 1.72. The van der Waals surface area contributed by atoms with Crippen LogP contribution in [0, 0.1) is 11.3 Å². The topological polar surface area (TPSA) is 56.0 Å². The van der Waals surface area contributed by atoms with Gasteiger partial charge >= 0.3 is 0 Å². The summed E-state index contributed by atoms with van der Waals surface area (Å²) < 4.78 is 0. The van der Waals surface area contributed by atoms with Gasteiger partial charge in [-0.15, -0.1) is 0 Å². The zero-order valence-electron chi connectivity index (χ0n) is 11.5. The Bertz CT molecular complexity index is 484. The first-order valence-electron chi connectivity index (χ1n) is 6.89. The minimum Gasteiger partial charge on any atom is -0.389 e. The van der Waals surface area contributed by atoms with E-state index in [-0.39, 0.29) is 0 Å². The molecule has 0 atom stereocenters. The van der Waals surface area contributed by atoms with Crippen LogP contribution in [0.5, 0.6) is 0 Å². The Hall–Kier alpha value is -1.28. The maximum atomic E-state index is 10.3. The predicted molar refractivity (Wildman–Crippen MR) is 84.6 cm³/mol. The average molecular weight is 288 g/mol. The van der Waals surface area contributed by atoms with Gasteiger partial charge in [0.2, 0.25) is 0 Å². The Morgan fingerprint density at radius 1 is 1.30 bits per heavy atom. The maximum Gasteiger partial charge on any atom is 0.0991 e. The molecule has 4 heteroatoms. The van der Waals surface area contributed by atoms with Crippen molar-refractivity contribution >= 4 is 17.8 Å². The standard InChI is InChI=1S/C16H20N2OS/c17-12-15-5-3-14(4-6-15)2-1-9-18-13-16(19)7-10-20-11-8-16/h1-6,18-19H,7-11,13H2/b2-1+. The Labute approximate surface area is 124 Å². The maximum absolute atomic E-state index is 10.3. The van der Waals surface area contributed by atoms with Crippen LogP contribution in [-0.2, 0) is 0 Å². The fraction of sp³-hybridized carbons (Fsp3) is 0.438. The van der Waals surface area contributed by atoms with Crippen molar-refractivity contribution in [3.63, 3.8) is 0 Å². The van der Waals surface area contributed by atoms with Crippen molar-refractivity contribution in [1.82, 2.24) is 5.32 Å². The largest absolute Gasteiger partial charge is 0.389 e. The van der Waals surface area contributed by atoms with Gasteiger partial charge in [-0.05, 0) is 42.0 Å². The molecule has 1 aromatic carbocycles. The molecule has 1 aliphatic heterocycles. The van der Waals surface area contributed by atoms with Crippen molar-refractivity contribution in [3.8, 4) is 6.07 Å². The van der Waals surface area contributed by atoms with Gasteiger partial charge in [0.25, 0.3) is 0 Å². The fourth-order valence-corrected chi connectivity index (χ4v) is 3.43. The molecule has 2 N–H and O–H groups in total. The van der Waals surface area contributed by atoms with Crippen molar-refractivity contribution in [1.29, 1.82) is 5.26 Å². The molecule has 0 amide bonds. The number of nitrogens with zero attached hydrogens (tertiary/aromatic N) is 1. The normalized spacial score (nSPS) is 18.0. The van der Waals surface area contributed by atoms with Crippen LogP contribution in [0.25, 0.3) is 6.08 Å². The van der Waals surface area contributed by atoms with Gasteiger partial charge in [-0.25, -0.2) is 0 Å². The van der Waals surface area contributed by atoms with Gasteiger partial charge in [-0.3, -0.25) is 0 Å². The van der Waals surface area contributed by atoms with E-state index in [4.69, 9.17) is 5.26 Å². The zero-order chi connectivity index (χ0) is 14.3. The molecule has 3 nitrogen and oxygen atoms in total. The third-order valence-electron chi connectivity index (χ3n) is 3.49. The summed E-state index contributed by atoms with van der Waals surface area (Å²) in [6.45, 7) is 1.40. The summed E-state index contributed by atoms with van der Waals surface area (Å²) in [7, 11) is 0. The van der Waals surface area contributed by atoms with Crippen LogP contribution in [-0.4, -0.2) is 35.3 Å². The van der Waals surface area contributed by atoms with Gasteiger partial charge in [0.15, 0.2) is 0 Å². The molecule has 0 aromatic heterocycles. The Kier molecular flexibility index (Phi) is 5.66. The summed E-state index contributed by atoms with van der Waals surface area (Å²) in [5.41, 5.74) is 1.24. The van der Waals surface area contributed by atoms with E-state index in [1.54, 1.807) is 0 Å². The van der Waals surface area contributed by atoms with Gasteiger partial charge in [0, 0.05) is 13.1 Å². The van der Waals surface area contributed by atoms with Gasteiger partial charge in [-0.2, -0.15) is 17.0 Å². The third-order valence-corrected chi connectivity index (χ3v) is 4.48. The number of aliphatic hydroxyl groups is 1. The molecule has 0 bridgehead atoms. The number of hydrogen-bond acceptors (Lipinski definition) is 4. The van der Waals surface area contributed by atoms with E-state index in [1.807, 2.05) is 48.2 Å². The van der Waals surface area contributed by atoms with Gasteiger partial charge in [0.05, 0.1) is 17.2 Å². The summed E-state index contributed by atoms with van der Waals surface area (Å²) >= 11 is 1.92. The lowest BCUT2D eigenvalue weighted by molar-refractivity contribution is 0.0332. The van der Waals surface area contributed by atoms with E-state index in [1.165, 1.54) is 0 Å². The second-order valence-electron chi connectivity index (χ2n) is 5.10. The molecular formula is C16H20N2OS. The molecule has 1 fully saturated rings. The highest BCUT2D eigenvalue weighted by Crippen LogP contribution is 2.26. The molecule has 1 heterocycles. The monoisotopic (exact) mass is 288 g/mol. The van der Waals surface area contributed by atoms with Crippen molar-refractivity contribution in [2.24, 2.45) is 0 Å². The summed E-state index contributed by atoms with van der Waals surface area (Å²) in [6.07, 6.45) is 5.82. The average Bonchev–Trinajstić information content (AvgIpc) is 2.48. The first-order valence-corrected chi connectivity index (χ1v) is 8.05. The lowest BCUT2D eigenvalue weighted by Gasteiger charge is -2.31. The molecule has 2 rings (SSSR count). The van der Waals surface area contributed by atoms with Crippen LogP contribution < -0.4 is 5.32 Å². The highest BCUT2D eigenvalue weighted by Gasteiger charge is 2.28. The summed E-state index contributed by atoms with van der Waals surface area (Å²) in [5.74, 6) is 2.11. The lowest BCUT2D eigenvalue weighted by atomic mass is 9.97. The molecule has 106 valence electrons. The van der Waals surface area contributed by atoms with Crippen molar-refractivity contribution in [3.05, 3.63) is 41.5 Å². The van der Waals surface area contributed by atoms with Crippen LogP contribution in [0.2, 0.25) is 0 Å². The molecule has 0 radical (unpaired) electrons. The molecule has 1 saturated heterocycles. The number of nitrogens with one attached hydrogen (secondary N) is 1. The first-order chi connectivity index (χ1) is 9.72. The van der Waals surface area contributed by atoms with E-state index < -0.39 is 5.60 Å². The van der Waals surface area contributed by atoms with E-state index in [0.29, 0.717) is 12.1 Å². The van der Waals surface area contributed by atoms with Gasteiger partial charge in [0.1, 0.15) is 0 Å². The van der Waals surface area contributed by atoms with E-state index in [9.17, 15) is 5.11 Å². The van der Waals surface area contributed by atoms with E-state index in [0.717, 1.165) is 36.5 Å². The lowest BCUT2D eigenvalue weighted by Crippen LogP contribution is -2.43. The predicted octanol–water partition coefficient (Wildman–Crippen LogP) is 2.42. The number of nitriles is 1. The molecule has 20 heavy (non-hydrogen) atoms. The van der Waals surface area contributed by atoms with Crippen molar-refractivity contribution in [2.75, 3.05) is 24.6 Å². The second kappa shape index (κ2) is 7.49. The van der Waals surface area contributed by atoms with Gasteiger partial charge in [-0.1, -0.05) is 24.3 Å². The number of rotatable bonds is 5. The minimum atomic E-state index is -0.520. The quantitative estimate of drug-likeness (QED) is 0.817. The molecule has 0 spiro atoms. The number of benzene rings is 1. The molecule has 0 saturated carbocycles. The second-order valence-corrected chi connectivity index (χ2v) is 6.33. The Morgan fingerprint density at radius 2 is 2.00 bits per heavy atom. The molecule has 1 aliphatic rings. The highest BCUT2D eigenvalue weighted by molar-refractivity contribution is 7.99. The summed E-state index contributed by atoms with van der Waals surface area (Å²) in [5, 5.41) is 22.3. The first kappa shape index (κ1) is 15.1. The number of hydrogen-bond donors (Lipinski definition) is 2. The molecular weight excluding hydrogens is 268 g/mol. The number of thioether (sulfide) groups is 1. The van der Waals surface area contributed by atoms with Crippen molar-refractivity contribution < 1.29 is 5.11 Å². The minimum absolute atomic E-state index is 0.520. The fourth-order valence-electron chi connectivity index (χ4n) is 2.18. The highest BCUT2D eigenvalue weighted by atomic mass is 32.2. The van der Waals surface area contributed by atoms with Crippen LogP contribution in [0.15, 0.2) is 30.3 Å². The Morgan fingerprint density at radius 3 is 2.65 bits per heavy atom. The van der Waals surface area contributed by atoms with Gasteiger partial charge < -0.3 is 10.4 Å². The van der Waals surface area contributed by atoms with Crippen LogP contribution in [0.3, 0.4) is 0 Å². The molecule has 1 aromatic rings. The zero-order valence-corrected chi connectivity index (χ0v) is 12.3. The van der Waals surface area contributed by atoms with Crippen LogP contribution in [0.1, 0.15) is 24.0 Å². The smallest absolute Gasteiger partial charge is 0.0991 e.